The van der Waals surface area contributed by atoms with Crippen molar-refractivity contribution >= 4 is 11.9 Å². The molecule has 7 heteroatoms. The Morgan fingerprint density at radius 2 is 2.22 bits per heavy atom. The summed E-state index contributed by atoms with van der Waals surface area (Å²) in [5.41, 5.74) is 3.47. The van der Waals surface area contributed by atoms with Crippen LogP contribution in [0.4, 0.5) is 0 Å². The molecule has 1 amide bonds. The first-order valence-electron chi connectivity index (χ1n) is 5.73. The first-order chi connectivity index (χ1) is 8.17. The number of amides is 1. The Morgan fingerprint density at radius 1 is 1.61 bits per heavy atom. The molecule has 0 bridgehead atoms. The monoisotopic (exact) mass is 260 g/mol. The van der Waals surface area contributed by atoms with Gasteiger partial charge in [-0.3, -0.25) is 9.59 Å². The number of carboxylic acids is 1. The highest BCUT2D eigenvalue weighted by molar-refractivity contribution is 5.83. The normalized spacial score (nSPS) is 30.8. The number of hydrogen-bond acceptors (Lipinski definition) is 5. The van der Waals surface area contributed by atoms with Gasteiger partial charge in [-0.25, -0.2) is 0 Å². The number of rotatable bonds is 5. The van der Waals surface area contributed by atoms with Gasteiger partial charge in [0.25, 0.3) is 0 Å². The van der Waals surface area contributed by atoms with Crippen molar-refractivity contribution in [2.45, 2.75) is 31.9 Å². The van der Waals surface area contributed by atoms with Gasteiger partial charge in [-0.05, 0) is 13.8 Å². The summed E-state index contributed by atoms with van der Waals surface area (Å²) in [4.78, 5) is 22.5. The zero-order valence-electron chi connectivity index (χ0n) is 10.6. The molecule has 0 saturated carbocycles. The fraction of sp³-hybridized carbons (Fsp3) is 0.818. The predicted molar refractivity (Wildman–Crippen MR) is 62.8 cm³/mol. The molecule has 104 valence electrons. The van der Waals surface area contributed by atoms with Crippen molar-refractivity contribution in [3.05, 3.63) is 0 Å². The van der Waals surface area contributed by atoms with Crippen LogP contribution >= 0.6 is 0 Å². The minimum atomic E-state index is -1.48. The van der Waals surface area contributed by atoms with Crippen LogP contribution in [0.2, 0.25) is 0 Å². The molecular weight excluding hydrogens is 240 g/mol. The zero-order valence-corrected chi connectivity index (χ0v) is 10.6. The van der Waals surface area contributed by atoms with Crippen LogP contribution in [0.3, 0.4) is 0 Å². The van der Waals surface area contributed by atoms with Gasteiger partial charge < -0.3 is 26.0 Å². The Bertz CT molecular complexity index is 344. The predicted octanol–water partition coefficient (Wildman–Crippen LogP) is -1.31. The van der Waals surface area contributed by atoms with Gasteiger partial charge in [-0.2, -0.15) is 0 Å². The van der Waals surface area contributed by atoms with Crippen LogP contribution in [0.5, 0.6) is 0 Å². The molecular formula is C11H20N2O5. The van der Waals surface area contributed by atoms with Gasteiger partial charge in [0.2, 0.25) is 5.91 Å². The number of carbonyl (C=O) groups excluding carboxylic acids is 1. The van der Waals surface area contributed by atoms with E-state index in [9.17, 15) is 14.7 Å². The van der Waals surface area contributed by atoms with Crippen molar-refractivity contribution in [3.8, 4) is 0 Å². The van der Waals surface area contributed by atoms with Crippen molar-refractivity contribution in [1.82, 2.24) is 5.32 Å². The van der Waals surface area contributed by atoms with E-state index in [0.29, 0.717) is 6.61 Å². The highest BCUT2D eigenvalue weighted by Crippen LogP contribution is 2.27. The van der Waals surface area contributed by atoms with Gasteiger partial charge >= 0.3 is 5.97 Å². The van der Waals surface area contributed by atoms with Crippen molar-refractivity contribution in [1.29, 1.82) is 0 Å². The summed E-state index contributed by atoms with van der Waals surface area (Å²) in [5, 5.41) is 20.9. The van der Waals surface area contributed by atoms with Crippen molar-refractivity contribution in [3.63, 3.8) is 0 Å². The molecule has 1 aliphatic heterocycles. The average molecular weight is 260 g/mol. The zero-order chi connectivity index (χ0) is 14.0. The molecule has 0 radical (unpaired) electrons. The highest BCUT2D eigenvalue weighted by atomic mass is 16.5. The Labute approximate surface area is 105 Å². The molecule has 0 aromatic rings. The van der Waals surface area contributed by atoms with Crippen LogP contribution in [0, 0.1) is 5.41 Å². The molecule has 0 spiro atoms. The van der Waals surface area contributed by atoms with E-state index in [1.54, 1.807) is 6.92 Å². The molecule has 1 fully saturated rings. The lowest BCUT2D eigenvalue weighted by Crippen LogP contribution is -2.53. The molecule has 5 N–H and O–H groups in total. The third kappa shape index (κ3) is 3.41. The van der Waals surface area contributed by atoms with Gasteiger partial charge in [0.05, 0.1) is 30.7 Å². The van der Waals surface area contributed by atoms with E-state index < -0.39 is 29.4 Å². The van der Waals surface area contributed by atoms with Gasteiger partial charge in [0.1, 0.15) is 0 Å². The Hall–Kier alpha value is -1.18. The number of carbonyl (C=O) groups is 2. The van der Waals surface area contributed by atoms with Crippen LogP contribution in [-0.4, -0.2) is 53.5 Å². The molecule has 1 saturated heterocycles. The fourth-order valence-electron chi connectivity index (χ4n) is 1.78. The molecule has 1 rings (SSSR count). The molecule has 7 nitrogen and oxygen atoms in total. The summed E-state index contributed by atoms with van der Waals surface area (Å²) in [6.45, 7) is 3.44. The second-order valence-electron chi connectivity index (χ2n) is 5.29. The minimum absolute atomic E-state index is 0.138. The quantitative estimate of drug-likeness (QED) is 0.487. The van der Waals surface area contributed by atoms with Crippen LogP contribution in [0.25, 0.3) is 0 Å². The first-order valence-corrected chi connectivity index (χ1v) is 5.73. The number of aliphatic hydroxyl groups is 1. The molecule has 3 unspecified atom stereocenters. The van der Waals surface area contributed by atoms with Gasteiger partial charge in [-0.1, -0.05) is 0 Å². The smallest absolute Gasteiger partial charge is 0.306 e. The Morgan fingerprint density at radius 3 is 2.67 bits per heavy atom. The number of aliphatic carboxylic acids is 1. The summed E-state index contributed by atoms with van der Waals surface area (Å²) in [6.07, 6.45) is -0.438. The number of hydrogen-bond donors (Lipinski definition) is 4. The number of carboxylic acid groups (broad SMARTS) is 1. The van der Waals surface area contributed by atoms with E-state index in [0.717, 1.165) is 0 Å². The lowest BCUT2D eigenvalue weighted by Gasteiger charge is -2.28. The maximum atomic E-state index is 12.0. The van der Waals surface area contributed by atoms with Crippen LogP contribution in [0.15, 0.2) is 0 Å². The van der Waals surface area contributed by atoms with Crippen molar-refractivity contribution < 1.29 is 24.5 Å². The SMILES string of the molecule is CC(O)(CNC(=O)C1(C)COCC1N)CC(=O)O. The third-order valence-electron chi connectivity index (χ3n) is 3.20. The van der Waals surface area contributed by atoms with Crippen molar-refractivity contribution in [2.75, 3.05) is 19.8 Å². The number of ether oxygens (including phenoxy) is 1. The Balaban J connectivity index is 2.53. The maximum Gasteiger partial charge on any atom is 0.306 e. The van der Waals surface area contributed by atoms with Crippen molar-refractivity contribution in [2.24, 2.45) is 11.1 Å². The summed E-state index contributed by atoms with van der Waals surface area (Å²) in [7, 11) is 0. The highest BCUT2D eigenvalue weighted by Gasteiger charge is 2.44. The number of nitrogens with two attached hydrogens (primary N) is 1. The number of nitrogens with one attached hydrogen (secondary N) is 1. The molecule has 3 atom stereocenters. The molecule has 18 heavy (non-hydrogen) atoms. The second-order valence-corrected chi connectivity index (χ2v) is 5.29. The van der Waals surface area contributed by atoms with E-state index in [1.807, 2.05) is 0 Å². The average Bonchev–Trinajstić information content (AvgIpc) is 2.55. The summed E-state index contributed by atoms with van der Waals surface area (Å²) in [5.74, 6) is -1.46. The van der Waals surface area contributed by atoms with Gasteiger partial charge in [0.15, 0.2) is 0 Å². The van der Waals surface area contributed by atoms with E-state index in [4.69, 9.17) is 15.6 Å². The largest absolute Gasteiger partial charge is 0.481 e. The maximum absolute atomic E-state index is 12.0. The second kappa shape index (κ2) is 5.21. The fourth-order valence-corrected chi connectivity index (χ4v) is 1.78. The standard InChI is InChI=1S/C11H20N2O5/c1-10(17,3-8(14)15)5-13-9(16)11(2)6-18-4-7(11)12/h7,17H,3-6,12H2,1-2H3,(H,13,16)(H,14,15). The molecule has 0 aromatic heterocycles. The van der Waals surface area contributed by atoms with E-state index >= 15 is 0 Å². The molecule has 0 aromatic carbocycles. The van der Waals surface area contributed by atoms with Crippen LogP contribution < -0.4 is 11.1 Å². The van der Waals surface area contributed by atoms with Gasteiger partial charge in [-0.15, -0.1) is 0 Å². The molecule has 1 heterocycles. The van der Waals surface area contributed by atoms with E-state index in [2.05, 4.69) is 5.32 Å². The minimum Gasteiger partial charge on any atom is -0.481 e. The Kier molecular flexibility index (Phi) is 4.31. The lowest BCUT2D eigenvalue weighted by molar-refractivity contribution is -0.143. The molecule has 1 aliphatic rings. The van der Waals surface area contributed by atoms with Gasteiger partial charge in [0, 0.05) is 12.6 Å². The first kappa shape index (κ1) is 14.9. The van der Waals surface area contributed by atoms with E-state index in [1.165, 1.54) is 6.92 Å². The topological polar surface area (TPSA) is 122 Å². The van der Waals surface area contributed by atoms with Crippen LogP contribution in [0.1, 0.15) is 20.3 Å². The van der Waals surface area contributed by atoms with E-state index in [-0.39, 0.29) is 19.1 Å². The lowest BCUT2D eigenvalue weighted by atomic mass is 9.84. The summed E-state index contributed by atoms with van der Waals surface area (Å²) >= 11 is 0. The third-order valence-corrected chi connectivity index (χ3v) is 3.20. The molecule has 0 aliphatic carbocycles. The van der Waals surface area contributed by atoms with Crippen LogP contribution in [-0.2, 0) is 14.3 Å². The summed E-state index contributed by atoms with van der Waals surface area (Å²) < 4.78 is 5.15. The summed E-state index contributed by atoms with van der Waals surface area (Å²) in [6, 6.07) is -0.401.